The Balaban J connectivity index is 1.83. The number of hydrogen-bond donors (Lipinski definition) is 0. The van der Waals surface area contributed by atoms with Crippen molar-refractivity contribution in [1.82, 2.24) is 9.80 Å². The maximum atomic E-state index is 2.48. The SMILES string of the molecule is CN(C)CC1=CCN(Cc2ccccc2)C1. The summed E-state index contributed by atoms with van der Waals surface area (Å²) in [4.78, 5) is 4.71. The molecule has 1 aliphatic heterocycles. The summed E-state index contributed by atoms with van der Waals surface area (Å²) in [7, 11) is 4.25. The normalized spacial score (nSPS) is 16.8. The fraction of sp³-hybridized carbons (Fsp3) is 0.429. The van der Waals surface area contributed by atoms with Crippen molar-refractivity contribution in [2.24, 2.45) is 0 Å². The van der Waals surface area contributed by atoms with Gasteiger partial charge in [0.25, 0.3) is 0 Å². The highest BCUT2D eigenvalue weighted by Crippen LogP contribution is 2.13. The van der Waals surface area contributed by atoms with E-state index in [1.54, 1.807) is 5.57 Å². The minimum absolute atomic E-state index is 1.06. The van der Waals surface area contributed by atoms with Gasteiger partial charge >= 0.3 is 0 Å². The summed E-state index contributed by atoms with van der Waals surface area (Å²) in [6.45, 7) is 4.37. The molecule has 0 saturated carbocycles. The summed E-state index contributed by atoms with van der Waals surface area (Å²) in [5.74, 6) is 0. The van der Waals surface area contributed by atoms with E-state index in [1.807, 2.05) is 0 Å². The molecule has 16 heavy (non-hydrogen) atoms. The molecule has 2 nitrogen and oxygen atoms in total. The topological polar surface area (TPSA) is 6.48 Å². The molecule has 1 aromatic rings. The van der Waals surface area contributed by atoms with Gasteiger partial charge in [-0.3, -0.25) is 4.90 Å². The molecule has 0 spiro atoms. The Hall–Kier alpha value is -1.12. The Labute approximate surface area is 98.2 Å². The van der Waals surface area contributed by atoms with Crippen LogP contribution in [-0.4, -0.2) is 43.5 Å². The highest BCUT2D eigenvalue weighted by molar-refractivity contribution is 5.18. The molecule has 1 heterocycles. The van der Waals surface area contributed by atoms with Crippen molar-refractivity contribution in [2.75, 3.05) is 33.7 Å². The first kappa shape index (κ1) is 11.4. The molecular formula is C14H20N2. The highest BCUT2D eigenvalue weighted by Gasteiger charge is 2.14. The average molecular weight is 216 g/mol. The summed E-state index contributed by atoms with van der Waals surface area (Å²) in [5.41, 5.74) is 2.95. The van der Waals surface area contributed by atoms with Gasteiger partial charge in [0.2, 0.25) is 0 Å². The lowest BCUT2D eigenvalue weighted by Crippen LogP contribution is -2.23. The Morgan fingerprint density at radius 2 is 1.94 bits per heavy atom. The van der Waals surface area contributed by atoms with Gasteiger partial charge in [0.1, 0.15) is 0 Å². The molecule has 0 saturated heterocycles. The van der Waals surface area contributed by atoms with E-state index in [0.717, 1.165) is 26.2 Å². The van der Waals surface area contributed by atoms with Crippen LogP contribution in [0.15, 0.2) is 42.0 Å². The Morgan fingerprint density at radius 3 is 2.62 bits per heavy atom. The van der Waals surface area contributed by atoms with Crippen molar-refractivity contribution in [3.63, 3.8) is 0 Å². The zero-order chi connectivity index (χ0) is 11.4. The molecule has 86 valence electrons. The molecule has 0 fully saturated rings. The van der Waals surface area contributed by atoms with Crippen LogP contribution < -0.4 is 0 Å². The average Bonchev–Trinajstić information content (AvgIpc) is 2.66. The van der Waals surface area contributed by atoms with Crippen LogP contribution in [0.3, 0.4) is 0 Å². The summed E-state index contributed by atoms with van der Waals surface area (Å²) in [6, 6.07) is 10.7. The molecule has 2 heteroatoms. The first-order valence-corrected chi connectivity index (χ1v) is 5.83. The van der Waals surface area contributed by atoms with Crippen molar-refractivity contribution >= 4 is 0 Å². The van der Waals surface area contributed by atoms with Gasteiger partial charge < -0.3 is 4.90 Å². The molecule has 0 bridgehead atoms. The van der Waals surface area contributed by atoms with Crippen LogP contribution in [0.4, 0.5) is 0 Å². The van der Waals surface area contributed by atoms with Crippen molar-refractivity contribution in [2.45, 2.75) is 6.54 Å². The summed E-state index contributed by atoms with van der Waals surface area (Å²) in [6.07, 6.45) is 2.36. The van der Waals surface area contributed by atoms with Crippen LogP contribution in [0.5, 0.6) is 0 Å². The van der Waals surface area contributed by atoms with Gasteiger partial charge in [-0.05, 0) is 25.2 Å². The molecule has 2 rings (SSSR count). The first-order valence-electron chi connectivity index (χ1n) is 5.83. The van der Waals surface area contributed by atoms with Crippen LogP contribution in [0.25, 0.3) is 0 Å². The smallest absolute Gasteiger partial charge is 0.0240 e. The van der Waals surface area contributed by atoms with E-state index in [2.05, 4.69) is 60.3 Å². The Morgan fingerprint density at radius 1 is 1.19 bits per heavy atom. The monoisotopic (exact) mass is 216 g/mol. The molecule has 0 unspecified atom stereocenters. The molecule has 0 aromatic heterocycles. The number of hydrogen-bond acceptors (Lipinski definition) is 2. The number of rotatable bonds is 4. The molecule has 0 N–H and O–H groups in total. The minimum Gasteiger partial charge on any atom is -0.305 e. The van der Waals surface area contributed by atoms with Crippen molar-refractivity contribution in [1.29, 1.82) is 0 Å². The largest absolute Gasteiger partial charge is 0.305 e. The van der Waals surface area contributed by atoms with E-state index in [0.29, 0.717) is 0 Å². The van der Waals surface area contributed by atoms with Gasteiger partial charge in [-0.2, -0.15) is 0 Å². The predicted molar refractivity (Wildman–Crippen MR) is 68.4 cm³/mol. The number of nitrogens with zero attached hydrogens (tertiary/aromatic N) is 2. The lowest BCUT2D eigenvalue weighted by molar-refractivity contribution is 0.332. The summed E-state index contributed by atoms with van der Waals surface area (Å²) < 4.78 is 0. The van der Waals surface area contributed by atoms with Gasteiger partial charge in [-0.15, -0.1) is 0 Å². The van der Waals surface area contributed by atoms with Crippen molar-refractivity contribution < 1.29 is 0 Å². The maximum absolute atomic E-state index is 2.48. The third-order valence-corrected chi connectivity index (χ3v) is 2.83. The second-order valence-electron chi connectivity index (χ2n) is 4.76. The second-order valence-corrected chi connectivity index (χ2v) is 4.76. The Kier molecular flexibility index (Phi) is 3.75. The highest BCUT2D eigenvalue weighted by atomic mass is 15.1. The zero-order valence-electron chi connectivity index (χ0n) is 10.2. The van der Waals surface area contributed by atoms with Crippen LogP contribution in [-0.2, 0) is 6.54 Å². The minimum atomic E-state index is 1.06. The first-order chi connectivity index (χ1) is 7.74. The molecular weight excluding hydrogens is 196 g/mol. The molecule has 1 aliphatic rings. The van der Waals surface area contributed by atoms with Gasteiger partial charge in [-0.1, -0.05) is 36.4 Å². The van der Waals surface area contributed by atoms with E-state index in [-0.39, 0.29) is 0 Å². The zero-order valence-corrected chi connectivity index (χ0v) is 10.2. The van der Waals surface area contributed by atoms with E-state index in [4.69, 9.17) is 0 Å². The quantitative estimate of drug-likeness (QED) is 0.710. The van der Waals surface area contributed by atoms with E-state index in [9.17, 15) is 0 Å². The van der Waals surface area contributed by atoms with Crippen LogP contribution in [0, 0.1) is 0 Å². The van der Waals surface area contributed by atoms with Gasteiger partial charge in [-0.25, -0.2) is 0 Å². The lowest BCUT2D eigenvalue weighted by atomic mass is 10.2. The van der Waals surface area contributed by atoms with E-state index < -0.39 is 0 Å². The third kappa shape index (κ3) is 3.19. The Bertz CT molecular complexity index is 354. The van der Waals surface area contributed by atoms with Crippen molar-refractivity contribution in [3.8, 4) is 0 Å². The molecule has 1 aromatic carbocycles. The second kappa shape index (κ2) is 5.28. The van der Waals surface area contributed by atoms with Crippen molar-refractivity contribution in [3.05, 3.63) is 47.5 Å². The fourth-order valence-electron chi connectivity index (χ4n) is 2.16. The number of benzene rings is 1. The van der Waals surface area contributed by atoms with Crippen LogP contribution in [0.1, 0.15) is 5.56 Å². The van der Waals surface area contributed by atoms with Gasteiger partial charge in [0.05, 0.1) is 0 Å². The summed E-state index contributed by atoms with van der Waals surface area (Å²) in [5, 5.41) is 0. The van der Waals surface area contributed by atoms with Gasteiger partial charge in [0.15, 0.2) is 0 Å². The molecule has 0 atom stereocenters. The molecule has 0 radical (unpaired) electrons. The third-order valence-electron chi connectivity index (χ3n) is 2.83. The van der Waals surface area contributed by atoms with E-state index >= 15 is 0 Å². The standard InChI is InChI=1S/C14H20N2/c1-15(2)10-14-8-9-16(12-14)11-13-6-4-3-5-7-13/h3-8H,9-12H2,1-2H3. The summed E-state index contributed by atoms with van der Waals surface area (Å²) >= 11 is 0. The molecule has 0 amide bonds. The van der Waals surface area contributed by atoms with Crippen LogP contribution in [0.2, 0.25) is 0 Å². The van der Waals surface area contributed by atoms with Gasteiger partial charge in [0, 0.05) is 26.2 Å². The maximum Gasteiger partial charge on any atom is 0.0240 e. The lowest BCUT2D eigenvalue weighted by Gasteiger charge is -2.17. The predicted octanol–water partition coefficient (Wildman–Crippen LogP) is 1.99. The number of likely N-dealkylation sites (N-methyl/N-ethyl adjacent to an activating group) is 1. The van der Waals surface area contributed by atoms with E-state index in [1.165, 1.54) is 5.56 Å². The van der Waals surface area contributed by atoms with Crippen LogP contribution >= 0.6 is 0 Å². The fourth-order valence-corrected chi connectivity index (χ4v) is 2.16. The molecule has 0 aliphatic carbocycles.